The summed E-state index contributed by atoms with van der Waals surface area (Å²) in [4.78, 5) is 14.3. The first-order valence-corrected chi connectivity index (χ1v) is 9.88. The number of aromatic nitrogens is 3. The average molecular weight is 456 g/mol. The van der Waals surface area contributed by atoms with Crippen molar-refractivity contribution in [3.63, 3.8) is 0 Å². The Morgan fingerprint density at radius 3 is 2.25 bits per heavy atom. The monoisotopic (exact) mass is 456 g/mol. The third kappa shape index (κ3) is 4.56. The van der Waals surface area contributed by atoms with E-state index in [0.29, 0.717) is 30.8 Å². The molecule has 4 rings (SSSR count). The summed E-state index contributed by atoms with van der Waals surface area (Å²) in [6.07, 6.45) is -6.82. The van der Waals surface area contributed by atoms with Gasteiger partial charge in [-0.1, -0.05) is 12.1 Å². The van der Waals surface area contributed by atoms with Gasteiger partial charge in [0.25, 0.3) is 0 Å². The molecule has 3 heterocycles. The number of likely N-dealkylation sites (tertiary alicyclic amines) is 1. The highest BCUT2D eigenvalue weighted by molar-refractivity contribution is 5.79. The zero-order chi connectivity index (χ0) is 23.1. The maximum Gasteiger partial charge on any atom is 0.417 e. The quantitative estimate of drug-likeness (QED) is 0.537. The number of halogens is 6. The smallest absolute Gasteiger partial charge is 0.342 e. The van der Waals surface area contributed by atoms with E-state index in [0.717, 1.165) is 24.4 Å². The van der Waals surface area contributed by atoms with E-state index in [9.17, 15) is 31.1 Å². The number of amides is 1. The molecular weight excluding hydrogens is 438 g/mol. The summed E-state index contributed by atoms with van der Waals surface area (Å²) < 4.78 is 78.7. The van der Waals surface area contributed by atoms with Crippen molar-refractivity contribution in [2.45, 2.75) is 37.5 Å². The normalized spacial score (nSPS) is 17.7. The van der Waals surface area contributed by atoms with Crippen LogP contribution in [0.5, 0.6) is 0 Å². The van der Waals surface area contributed by atoms with Crippen LogP contribution < -0.4 is 0 Å². The highest BCUT2D eigenvalue weighted by atomic mass is 19.4. The largest absolute Gasteiger partial charge is 0.417 e. The molecule has 1 saturated heterocycles. The second-order valence-corrected chi connectivity index (χ2v) is 7.75. The van der Waals surface area contributed by atoms with Crippen LogP contribution in [-0.4, -0.2) is 38.5 Å². The van der Waals surface area contributed by atoms with E-state index < -0.39 is 23.5 Å². The molecule has 2 aromatic heterocycles. The van der Waals surface area contributed by atoms with Gasteiger partial charge in [-0.2, -0.15) is 26.3 Å². The predicted molar refractivity (Wildman–Crippen MR) is 102 cm³/mol. The molecule has 170 valence electrons. The van der Waals surface area contributed by atoms with Crippen LogP contribution in [0, 0.1) is 0 Å². The van der Waals surface area contributed by atoms with Crippen LogP contribution in [0.1, 0.15) is 41.3 Å². The van der Waals surface area contributed by atoms with E-state index in [4.69, 9.17) is 0 Å². The van der Waals surface area contributed by atoms with Crippen LogP contribution >= 0.6 is 0 Å². The lowest BCUT2D eigenvalue weighted by Crippen LogP contribution is -2.40. The lowest BCUT2D eigenvalue weighted by atomic mass is 9.96. The molecule has 0 spiro atoms. The first kappa shape index (κ1) is 22.1. The zero-order valence-corrected chi connectivity index (χ0v) is 16.6. The van der Waals surface area contributed by atoms with Crippen LogP contribution in [0.4, 0.5) is 26.3 Å². The molecule has 1 aliphatic heterocycles. The van der Waals surface area contributed by atoms with Gasteiger partial charge in [0, 0.05) is 25.2 Å². The summed E-state index contributed by atoms with van der Waals surface area (Å²) in [5, 5.41) is 7.99. The maximum atomic E-state index is 13.1. The average Bonchev–Trinajstić information content (AvgIpc) is 3.16. The summed E-state index contributed by atoms with van der Waals surface area (Å²) in [6, 6.07) is 6.59. The summed E-state index contributed by atoms with van der Waals surface area (Å²) in [5.41, 5.74) is -0.880. The molecule has 1 atom stereocenters. The van der Waals surface area contributed by atoms with Gasteiger partial charge in [0.05, 0.1) is 17.5 Å². The Morgan fingerprint density at radius 2 is 1.59 bits per heavy atom. The molecule has 0 bridgehead atoms. The molecule has 0 N–H and O–H groups in total. The lowest BCUT2D eigenvalue weighted by Gasteiger charge is -2.32. The van der Waals surface area contributed by atoms with E-state index in [1.54, 1.807) is 4.90 Å². The minimum atomic E-state index is -4.51. The lowest BCUT2D eigenvalue weighted by molar-refractivity contribution is -0.138. The van der Waals surface area contributed by atoms with E-state index in [1.165, 1.54) is 22.6 Å². The topological polar surface area (TPSA) is 50.5 Å². The van der Waals surface area contributed by atoms with Crippen molar-refractivity contribution in [2.24, 2.45) is 0 Å². The predicted octanol–water partition coefficient (Wildman–Crippen LogP) is 4.72. The number of benzene rings is 1. The number of nitrogens with zero attached hydrogens (tertiary/aromatic N) is 4. The van der Waals surface area contributed by atoms with Gasteiger partial charge < -0.3 is 4.90 Å². The van der Waals surface area contributed by atoms with Crippen LogP contribution in [0.2, 0.25) is 0 Å². The van der Waals surface area contributed by atoms with Crippen LogP contribution in [0.3, 0.4) is 0 Å². The standard InChI is InChI=1S/C21H18F6N4O/c22-20(23,24)15-5-3-13(4-6-15)10-18(32)30-9-1-2-14(11-30)19-29-28-17-8-7-16(12-31(17)19)21(25,26)27/h3-8,12,14H,1-2,9-11H2. The van der Waals surface area contributed by atoms with Gasteiger partial charge in [0.1, 0.15) is 5.82 Å². The second kappa shape index (κ2) is 8.10. The van der Waals surface area contributed by atoms with E-state index >= 15 is 0 Å². The van der Waals surface area contributed by atoms with E-state index in [1.807, 2.05) is 0 Å². The number of fused-ring (bicyclic) bond motifs is 1. The molecule has 11 heteroatoms. The minimum Gasteiger partial charge on any atom is -0.342 e. The number of rotatable bonds is 3. The van der Waals surface area contributed by atoms with Gasteiger partial charge in [-0.3, -0.25) is 9.20 Å². The van der Waals surface area contributed by atoms with Crippen LogP contribution in [0.25, 0.3) is 5.65 Å². The molecular formula is C21H18F6N4O. The summed E-state index contributed by atoms with van der Waals surface area (Å²) in [6.45, 7) is 0.705. The molecule has 3 aromatic rings. The summed E-state index contributed by atoms with van der Waals surface area (Å²) in [7, 11) is 0. The number of piperidine rings is 1. The third-order valence-electron chi connectivity index (χ3n) is 5.53. The van der Waals surface area contributed by atoms with Gasteiger partial charge in [-0.25, -0.2) is 0 Å². The van der Waals surface area contributed by atoms with Gasteiger partial charge >= 0.3 is 12.4 Å². The summed E-state index contributed by atoms with van der Waals surface area (Å²) >= 11 is 0. The van der Waals surface area contributed by atoms with Crippen molar-refractivity contribution < 1.29 is 31.1 Å². The molecule has 1 aromatic carbocycles. The fourth-order valence-electron chi connectivity index (χ4n) is 3.87. The molecule has 5 nitrogen and oxygen atoms in total. The molecule has 32 heavy (non-hydrogen) atoms. The van der Waals surface area contributed by atoms with Gasteiger partial charge in [0.2, 0.25) is 5.91 Å². The number of pyridine rings is 1. The number of hydrogen-bond acceptors (Lipinski definition) is 3. The highest BCUT2D eigenvalue weighted by Crippen LogP contribution is 2.32. The number of carbonyl (C=O) groups excluding carboxylic acids is 1. The summed E-state index contributed by atoms with van der Waals surface area (Å²) in [5.74, 6) is -0.226. The Bertz CT molecular complexity index is 1120. The SMILES string of the molecule is O=C(Cc1ccc(C(F)(F)F)cc1)N1CCCC(c2nnc3ccc(C(F)(F)F)cn23)C1. The molecule has 1 aliphatic rings. The van der Waals surface area contributed by atoms with Gasteiger partial charge in [-0.05, 0) is 42.7 Å². The zero-order valence-electron chi connectivity index (χ0n) is 16.6. The Kier molecular flexibility index (Phi) is 5.59. The van der Waals surface area contributed by atoms with E-state index in [-0.39, 0.29) is 30.4 Å². The third-order valence-corrected chi connectivity index (χ3v) is 5.53. The van der Waals surface area contributed by atoms with Gasteiger partial charge in [0.15, 0.2) is 5.65 Å². The Balaban J connectivity index is 1.49. The molecule has 0 aliphatic carbocycles. The maximum absolute atomic E-state index is 13.1. The first-order valence-electron chi connectivity index (χ1n) is 9.88. The number of carbonyl (C=O) groups is 1. The molecule has 0 saturated carbocycles. The van der Waals surface area contributed by atoms with Crippen molar-refractivity contribution >= 4 is 11.6 Å². The van der Waals surface area contributed by atoms with Crippen molar-refractivity contribution in [1.82, 2.24) is 19.5 Å². The highest BCUT2D eigenvalue weighted by Gasteiger charge is 2.33. The van der Waals surface area contributed by atoms with Crippen molar-refractivity contribution in [1.29, 1.82) is 0 Å². The molecule has 1 unspecified atom stereocenters. The van der Waals surface area contributed by atoms with Gasteiger partial charge in [-0.15, -0.1) is 10.2 Å². The van der Waals surface area contributed by atoms with E-state index in [2.05, 4.69) is 10.2 Å². The fraction of sp³-hybridized carbons (Fsp3) is 0.381. The Morgan fingerprint density at radius 1 is 0.938 bits per heavy atom. The fourth-order valence-corrected chi connectivity index (χ4v) is 3.87. The number of alkyl halides is 6. The second-order valence-electron chi connectivity index (χ2n) is 7.75. The van der Waals surface area contributed by atoms with Crippen LogP contribution in [0.15, 0.2) is 42.6 Å². The van der Waals surface area contributed by atoms with Crippen molar-refractivity contribution in [2.75, 3.05) is 13.1 Å². The van der Waals surface area contributed by atoms with Crippen molar-refractivity contribution in [3.8, 4) is 0 Å². The molecule has 1 fully saturated rings. The van der Waals surface area contributed by atoms with Crippen molar-refractivity contribution in [3.05, 3.63) is 65.1 Å². The molecule has 0 radical (unpaired) electrons. The Labute approximate surface area is 178 Å². The minimum absolute atomic E-state index is 0.0658. The molecule has 1 amide bonds. The van der Waals surface area contributed by atoms with Crippen LogP contribution in [-0.2, 0) is 23.6 Å². The first-order chi connectivity index (χ1) is 15.0. The Hall–Kier alpha value is -3.11. The number of hydrogen-bond donors (Lipinski definition) is 0.